The molecule has 0 radical (unpaired) electrons. The number of hydrogen-bond donors (Lipinski definition) is 1. The lowest BCUT2D eigenvalue weighted by Gasteiger charge is -2.22. The van der Waals surface area contributed by atoms with Crippen LogP contribution in [0.25, 0.3) is 0 Å². The molecule has 0 saturated heterocycles. The zero-order valence-electron chi connectivity index (χ0n) is 13.8. The molecule has 1 amide bonds. The zero-order valence-corrected chi connectivity index (χ0v) is 13.8. The maximum Gasteiger partial charge on any atom is 0.228 e. The van der Waals surface area contributed by atoms with Crippen molar-refractivity contribution in [3.8, 4) is 0 Å². The van der Waals surface area contributed by atoms with E-state index in [4.69, 9.17) is 0 Å². The van der Waals surface area contributed by atoms with Gasteiger partial charge in [-0.1, -0.05) is 33.1 Å². The minimum Gasteiger partial charge on any atom is -0.355 e. The van der Waals surface area contributed by atoms with Gasteiger partial charge in [0.15, 0.2) is 11.6 Å². The molecule has 1 fully saturated rings. The Hall–Kier alpha value is -1.65. The number of carbonyl (C=O) groups excluding carboxylic acids is 1. The maximum atomic E-state index is 12.2. The molecule has 2 rings (SSSR count). The Balaban J connectivity index is 1.94. The van der Waals surface area contributed by atoms with E-state index in [1.165, 1.54) is 6.42 Å². The van der Waals surface area contributed by atoms with Crippen LogP contribution >= 0.6 is 0 Å². The smallest absolute Gasteiger partial charge is 0.228 e. The third kappa shape index (κ3) is 4.68. The molecular weight excluding hydrogens is 276 g/mol. The van der Waals surface area contributed by atoms with Gasteiger partial charge in [0.1, 0.15) is 0 Å². The fourth-order valence-electron chi connectivity index (χ4n) is 3.03. The van der Waals surface area contributed by atoms with E-state index in [0.29, 0.717) is 5.82 Å². The molecular formula is C17H28N4O. The number of hydrogen-bond acceptors (Lipinski definition) is 4. The second-order valence-electron chi connectivity index (χ2n) is 6.09. The van der Waals surface area contributed by atoms with Crippen molar-refractivity contribution >= 4 is 17.5 Å². The van der Waals surface area contributed by atoms with Gasteiger partial charge in [-0.3, -0.25) is 4.79 Å². The molecule has 22 heavy (non-hydrogen) atoms. The molecule has 1 aliphatic rings. The van der Waals surface area contributed by atoms with Crippen molar-refractivity contribution in [1.29, 1.82) is 0 Å². The summed E-state index contributed by atoms with van der Waals surface area (Å²) in [5.41, 5.74) is 0. The number of aromatic nitrogens is 2. The molecule has 0 bridgehead atoms. The highest BCUT2D eigenvalue weighted by atomic mass is 16.1. The van der Waals surface area contributed by atoms with E-state index >= 15 is 0 Å². The van der Waals surface area contributed by atoms with Crippen LogP contribution in [0.4, 0.5) is 11.6 Å². The summed E-state index contributed by atoms with van der Waals surface area (Å²) in [5.74, 6) is 1.69. The molecule has 0 aromatic carbocycles. The minimum absolute atomic E-state index is 0.0979. The van der Waals surface area contributed by atoms with Crippen LogP contribution in [0, 0.1) is 5.92 Å². The van der Waals surface area contributed by atoms with Crippen LogP contribution in [0.2, 0.25) is 0 Å². The van der Waals surface area contributed by atoms with Gasteiger partial charge in [-0.15, -0.1) is 10.2 Å². The Labute approximate surface area is 133 Å². The summed E-state index contributed by atoms with van der Waals surface area (Å²) in [5, 5.41) is 11.4. The lowest BCUT2D eigenvalue weighted by atomic mass is 9.89. The number of carbonyl (C=O) groups is 1. The van der Waals surface area contributed by atoms with Crippen LogP contribution in [0.3, 0.4) is 0 Å². The number of nitrogens with zero attached hydrogens (tertiary/aromatic N) is 3. The van der Waals surface area contributed by atoms with Gasteiger partial charge in [0.25, 0.3) is 0 Å². The summed E-state index contributed by atoms with van der Waals surface area (Å²) in [6, 6.07) is 3.82. The first-order valence-electron chi connectivity index (χ1n) is 8.64. The molecule has 0 aliphatic heterocycles. The van der Waals surface area contributed by atoms with Gasteiger partial charge in [-0.25, -0.2) is 0 Å². The summed E-state index contributed by atoms with van der Waals surface area (Å²) in [6.45, 7) is 6.29. The lowest BCUT2D eigenvalue weighted by Crippen LogP contribution is -2.27. The van der Waals surface area contributed by atoms with Gasteiger partial charge in [0, 0.05) is 19.0 Å². The first-order chi connectivity index (χ1) is 10.7. The Kier molecular flexibility index (Phi) is 6.62. The molecule has 1 aromatic rings. The lowest BCUT2D eigenvalue weighted by molar-refractivity contribution is -0.120. The van der Waals surface area contributed by atoms with E-state index in [-0.39, 0.29) is 11.8 Å². The van der Waals surface area contributed by atoms with Crippen LogP contribution in [0.15, 0.2) is 12.1 Å². The van der Waals surface area contributed by atoms with Crippen LogP contribution in [-0.4, -0.2) is 29.2 Å². The predicted octanol–water partition coefficient (Wildman–Crippen LogP) is 3.62. The topological polar surface area (TPSA) is 58.1 Å². The third-order valence-electron chi connectivity index (χ3n) is 4.19. The van der Waals surface area contributed by atoms with Gasteiger partial charge in [-0.2, -0.15) is 0 Å². The van der Waals surface area contributed by atoms with Gasteiger partial charge in [0.05, 0.1) is 0 Å². The number of nitrogens with one attached hydrogen (secondary N) is 1. The fraction of sp³-hybridized carbons (Fsp3) is 0.706. The molecule has 1 N–H and O–H groups in total. The van der Waals surface area contributed by atoms with E-state index < -0.39 is 0 Å². The Bertz CT molecular complexity index is 448. The molecule has 0 atom stereocenters. The number of rotatable bonds is 7. The van der Waals surface area contributed by atoms with Gasteiger partial charge in [0.2, 0.25) is 5.91 Å². The highest BCUT2D eigenvalue weighted by molar-refractivity contribution is 5.91. The Morgan fingerprint density at radius 3 is 2.36 bits per heavy atom. The molecule has 1 saturated carbocycles. The molecule has 122 valence electrons. The third-order valence-corrected chi connectivity index (χ3v) is 4.19. The Morgan fingerprint density at radius 2 is 1.82 bits per heavy atom. The van der Waals surface area contributed by atoms with Crippen molar-refractivity contribution in [2.75, 3.05) is 23.3 Å². The molecule has 5 nitrogen and oxygen atoms in total. The van der Waals surface area contributed by atoms with Crippen LogP contribution in [0.5, 0.6) is 0 Å². The SMILES string of the molecule is CCCN(CCC)c1ccc(NC(=O)C2CCCCC2)nn1. The van der Waals surface area contributed by atoms with E-state index in [1.807, 2.05) is 12.1 Å². The highest BCUT2D eigenvalue weighted by Gasteiger charge is 2.21. The summed E-state index contributed by atoms with van der Waals surface area (Å²) in [7, 11) is 0. The average Bonchev–Trinajstić information content (AvgIpc) is 2.56. The highest BCUT2D eigenvalue weighted by Crippen LogP contribution is 2.24. The van der Waals surface area contributed by atoms with Crippen LogP contribution in [0.1, 0.15) is 58.8 Å². The second kappa shape index (κ2) is 8.71. The van der Waals surface area contributed by atoms with Crippen LogP contribution < -0.4 is 10.2 Å². The van der Waals surface area contributed by atoms with Crippen molar-refractivity contribution in [3.63, 3.8) is 0 Å². The van der Waals surface area contributed by atoms with Crippen molar-refractivity contribution in [2.45, 2.75) is 58.8 Å². The average molecular weight is 304 g/mol. The normalized spacial score (nSPS) is 15.5. The first kappa shape index (κ1) is 16.7. The molecule has 1 aliphatic carbocycles. The predicted molar refractivity (Wildman–Crippen MR) is 90.0 cm³/mol. The van der Waals surface area contributed by atoms with Crippen molar-refractivity contribution in [2.24, 2.45) is 5.92 Å². The fourth-order valence-corrected chi connectivity index (χ4v) is 3.03. The standard InChI is InChI=1S/C17H28N4O/c1-3-12-21(13-4-2)16-11-10-15(19-20-16)18-17(22)14-8-6-5-7-9-14/h10-11,14H,3-9,12-13H2,1-2H3,(H,18,19,22). The second-order valence-corrected chi connectivity index (χ2v) is 6.09. The monoisotopic (exact) mass is 304 g/mol. The number of amides is 1. The minimum atomic E-state index is 0.0979. The van der Waals surface area contributed by atoms with E-state index in [1.54, 1.807) is 0 Å². The zero-order chi connectivity index (χ0) is 15.8. The van der Waals surface area contributed by atoms with Crippen LogP contribution in [-0.2, 0) is 4.79 Å². The summed E-state index contributed by atoms with van der Waals surface area (Å²) in [4.78, 5) is 14.4. The summed E-state index contributed by atoms with van der Waals surface area (Å²) < 4.78 is 0. The molecule has 0 spiro atoms. The summed E-state index contributed by atoms with van der Waals surface area (Å²) >= 11 is 0. The van der Waals surface area contributed by atoms with Gasteiger partial charge >= 0.3 is 0 Å². The van der Waals surface area contributed by atoms with E-state index in [9.17, 15) is 4.79 Å². The quantitative estimate of drug-likeness (QED) is 0.836. The van der Waals surface area contributed by atoms with E-state index in [2.05, 4.69) is 34.3 Å². The van der Waals surface area contributed by atoms with Crippen molar-refractivity contribution in [3.05, 3.63) is 12.1 Å². The molecule has 1 aromatic heterocycles. The van der Waals surface area contributed by atoms with Crippen molar-refractivity contribution < 1.29 is 4.79 Å². The first-order valence-corrected chi connectivity index (χ1v) is 8.64. The largest absolute Gasteiger partial charge is 0.355 e. The number of anilines is 2. The molecule has 0 unspecified atom stereocenters. The maximum absolute atomic E-state index is 12.2. The van der Waals surface area contributed by atoms with Crippen molar-refractivity contribution in [1.82, 2.24) is 10.2 Å². The van der Waals surface area contributed by atoms with Gasteiger partial charge < -0.3 is 10.2 Å². The van der Waals surface area contributed by atoms with Gasteiger partial charge in [-0.05, 0) is 37.8 Å². The Morgan fingerprint density at radius 1 is 1.14 bits per heavy atom. The van der Waals surface area contributed by atoms with E-state index in [0.717, 1.165) is 57.4 Å². The molecule has 1 heterocycles. The molecule has 5 heteroatoms. The summed E-state index contributed by atoms with van der Waals surface area (Å²) in [6.07, 6.45) is 7.74.